The largest absolute Gasteiger partial charge is 0.289 e. The molecule has 0 aliphatic heterocycles. The molecule has 15 heavy (non-hydrogen) atoms. The maximum Gasteiger partial charge on any atom is 0.193 e. The van der Waals surface area contributed by atoms with Gasteiger partial charge >= 0.3 is 0 Å². The number of benzene rings is 1. The Labute approximate surface area is 114 Å². The van der Waals surface area contributed by atoms with Crippen molar-refractivity contribution in [3.05, 3.63) is 54.2 Å². The van der Waals surface area contributed by atoms with Gasteiger partial charge in [0.2, 0.25) is 0 Å². The zero-order chi connectivity index (χ0) is 10.8. The molecule has 0 radical (unpaired) electrons. The molecule has 0 fully saturated rings. The first-order valence-electron chi connectivity index (χ1n) is 4.21. The highest BCUT2D eigenvalue weighted by Crippen LogP contribution is 2.23. The number of halogens is 2. The summed E-state index contributed by atoms with van der Waals surface area (Å²) in [5.41, 5.74) is 1.48. The van der Waals surface area contributed by atoms with E-state index in [-0.39, 0.29) is 5.78 Å². The average Bonchev–Trinajstić information content (AvgIpc) is 2.65. The van der Waals surface area contributed by atoms with Crippen molar-refractivity contribution in [2.45, 2.75) is 0 Å². The number of ketones is 1. The van der Waals surface area contributed by atoms with E-state index in [4.69, 9.17) is 0 Å². The molecular weight excluding hydrogens is 387 g/mol. The molecule has 1 nitrogen and oxygen atoms in total. The summed E-state index contributed by atoms with van der Waals surface area (Å²) in [7, 11) is 0. The van der Waals surface area contributed by atoms with E-state index < -0.39 is 0 Å². The Morgan fingerprint density at radius 1 is 1.20 bits per heavy atom. The third kappa shape index (κ3) is 2.68. The van der Waals surface area contributed by atoms with Crippen molar-refractivity contribution in [1.29, 1.82) is 0 Å². The Bertz CT molecular complexity index is 490. The van der Waals surface area contributed by atoms with E-state index in [1.807, 2.05) is 35.7 Å². The van der Waals surface area contributed by atoms with Gasteiger partial charge in [-0.2, -0.15) is 0 Å². The van der Waals surface area contributed by atoms with Crippen molar-refractivity contribution in [1.82, 2.24) is 0 Å². The predicted molar refractivity (Wildman–Crippen MR) is 74.6 cm³/mol. The second kappa shape index (κ2) is 4.76. The normalized spacial score (nSPS) is 10.3. The molecular formula is C11H6BrIOS. The molecule has 0 saturated carbocycles. The quantitative estimate of drug-likeness (QED) is 0.548. The average molecular weight is 393 g/mol. The molecule has 0 unspecified atom stereocenters. The molecule has 0 saturated heterocycles. The van der Waals surface area contributed by atoms with Gasteiger partial charge in [0.05, 0.1) is 3.79 Å². The van der Waals surface area contributed by atoms with Gasteiger partial charge in [0.1, 0.15) is 0 Å². The van der Waals surface area contributed by atoms with Crippen LogP contribution in [0.3, 0.4) is 0 Å². The van der Waals surface area contributed by atoms with Gasteiger partial charge in [0.25, 0.3) is 0 Å². The van der Waals surface area contributed by atoms with Crippen molar-refractivity contribution in [2.24, 2.45) is 0 Å². The van der Waals surface area contributed by atoms with Crippen molar-refractivity contribution < 1.29 is 4.79 Å². The van der Waals surface area contributed by atoms with Crippen LogP contribution in [-0.2, 0) is 0 Å². The van der Waals surface area contributed by atoms with Crippen LogP contribution < -0.4 is 0 Å². The van der Waals surface area contributed by atoms with Gasteiger partial charge in [-0.25, -0.2) is 0 Å². The highest BCUT2D eigenvalue weighted by atomic mass is 127. The summed E-state index contributed by atoms with van der Waals surface area (Å²) in [6.07, 6.45) is 0. The molecule has 0 amide bonds. The van der Waals surface area contributed by atoms with Gasteiger partial charge < -0.3 is 0 Å². The lowest BCUT2D eigenvalue weighted by atomic mass is 10.1. The van der Waals surface area contributed by atoms with Crippen LogP contribution in [0.25, 0.3) is 0 Å². The molecule has 76 valence electrons. The van der Waals surface area contributed by atoms with Crippen molar-refractivity contribution >= 4 is 55.6 Å². The smallest absolute Gasteiger partial charge is 0.193 e. The zero-order valence-electron chi connectivity index (χ0n) is 7.54. The van der Waals surface area contributed by atoms with Gasteiger partial charge in [-0.3, -0.25) is 4.79 Å². The van der Waals surface area contributed by atoms with E-state index in [0.717, 1.165) is 18.5 Å². The molecule has 0 bridgehead atoms. The summed E-state index contributed by atoms with van der Waals surface area (Å²) in [6, 6.07) is 9.45. The summed E-state index contributed by atoms with van der Waals surface area (Å²) >= 11 is 7.10. The molecule has 2 rings (SSSR count). The van der Waals surface area contributed by atoms with E-state index in [9.17, 15) is 4.79 Å². The molecule has 4 heteroatoms. The number of carbonyl (C=O) groups excluding carboxylic acids is 1. The summed E-state index contributed by atoms with van der Waals surface area (Å²) < 4.78 is 2.12. The number of thiophene rings is 1. The third-order valence-electron chi connectivity index (χ3n) is 1.94. The minimum absolute atomic E-state index is 0.0772. The van der Waals surface area contributed by atoms with Crippen LogP contribution in [0.2, 0.25) is 0 Å². The van der Waals surface area contributed by atoms with Crippen LogP contribution in [0.4, 0.5) is 0 Å². The van der Waals surface area contributed by atoms with E-state index in [1.54, 1.807) is 0 Å². The standard InChI is InChI=1S/C11H6BrIOS/c12-10-5-8(6-15-10)11(14)7-1-3-9(13)4-2-7/h1-6H. The highest BCUT2D eigenvalue weighted by molar-refractivity contribution is 14.1. The molecule has 2 aromatic rings. The molecule has 0 N–H and O–H groups in total. The second-order valence-corrected chi connectivity index (χ2v) is 6.51. The number of hydrogen-bond acceptors (Lipinski definition) is 2. The van der Waals surface area contributed by atoms with Gasteiger partial charge in [-0.15, -0.1) is 11.3 Å². The lowest BCUT2D eigenvalue weighted by Crippen LogP contribution is -1.98. The Hall–Kier alpha value is -0.200. The molecule has 0 aliphatic carbocycles. The maximum absolute atomic E-state index is 12.0. The van der Waals surface area contributed by atoms with E-state index in [0.29, 0.717) is 0 Å². The Balaban J connectivity index is 2.32. The minimum atomic E-state index is 0.0772. The van der Waals surface area contributed by atoms with Gasteiger partial charge in [-0.1, -0.05) is 0 Å². The fourth-order valence-corrected chi connectivity index (χ4v) is 2.69. The molecule has 0 spiro atoms. The minimum Gasteiger partial charge on any atom is -0.289 e. The fraction of sp³-hybridized carbons (Fsp3) is 0. The predicted octanol–water partition coefficient (Wildman–Crippen LogP) is 4.35. The summed E-state index contributed by atoms with van der Waals surface area (Å²) in [6.45, 7) is 0. The maximum atomic E-state index is 12.0. The van der Waals surface area contributed by atoms with Crippen molar-refractivity contribution in [2.75, 3.05) is 0 Å². The fourth-order valence-electron chi connectivity index (χ4n) is 1.20. The zero-order valence-corrected chi connectivity index (χ0v) is 12.1. The van der Waals surface area contributed by atoms with Gasteiger partial charge in [-0.05, 0) is 68.9 Å². The number of carbonyl (C=O) groups is 1. The lowest BCUT2D eigenvalue weighted by Gasteiger charge is -1.97. The summed E-state index contributed by atoms with van der Waals surface area (Å²) in [4.78, 5) is 12.0. The topological polar surface area (TPSA) is 17.1 Å². The van der Waals surface area contributed by atoms with Gasteiger partial charge in [0.15, 0.2) is 5.78 Å². The third-order valence-corrected chi connectivity index (χ3v) is 4.16. The van der Waals surface area contributed by atoms with Crippen LogP contribution in [0.1, 0.15) is 15.9 Å². The first kappa shape index (κ1) is 11.3. The van der Waals surface area contributed by atoms with Gasteiger partial charge in [0, 0.05) is 20.1 Å². The SMILES string of the molecule is O=C(c1ccc(I)cc1)c1csc(Br)c1. The van der Waals surface area contributed by atoms with Crippen LogP contribution in [0.5, 0.6) is 0 Å². The van der Waals surface area contributed by atoms with E-state index >= 15 is 0 Å². The van der Waals surface area contributed by atoms with Crippen molar-refractivity contribution in [3.8, 4) is 0 Å². The molecule has 1 aromatic carbocycles. The summed E-state index contributed by atoms with van der Waals surface area (Å²) in [5.74, 6) is 0.0772. The first-order valence-corrected chi connectivity index (χ1v) is 6.96. The molecule has 0 aliphatic rings. The van der Waals surface area contributed by atoms with Crippen molar-refractivity contribution in [3.63, 3.8) is 0 Å². The van der Waals surface area contributed by atoms with Crippen LogP contribution >= 0.6 is 49.9 Å². The monoisotopic (exact) mass is 392 g/mol. The Morgan fingerprint density at radius 2 is 1.87 bits per heavy atom. The Kier molecular flexibility index (Phi) is 3.58. The van der Waals surface area contributed by atoms with E-state index in [1.165, 1.54) is 11.3 Å². The van der Waals surface area contributed by atoms with Crippen LogP contribution in [-0.4, -0.2) is 5.78 Å². The number of hydrogen-bond donors (Lipinski definition) is 0. The molecule has 1 aromatic heterocycles. The molecule has 1 heterocycles. The lowest BCUT2D eigenvalue weighted by molar-refractivity contribution is 0.103. The second-order valence-electron chi connectivity index (χ2n) is 2.98. The van der Waals surface area contributed by atoms with Crippen LogP contribution in [0.15, 0.2) is 39.5 Å². The summed E-state index contributed by atoms with van der Waals surface area (Å²) in [5, 5.41) is 1.87. The highest BCUT2D eigenvalue weighted by Gasteiger charge is 2.10. The first-order chi connectivity index (χ1) is 7.16. The number of rotatable bonds is 2. The van der Waals surface area contributed by atoms with Crippen LogP contribution in [0, 0.1) is 3.57 Å². The van der Waals surface area contributed by atoms with E-state index in [2.05, 4.69) is 38.5 Å². The Morgan fingerprint density at radius 3 is 2.40 bits per heavy atom. The molecule has 0 atom stereocenters.